The van der Waals surface area contributed by atoms with E-state index in [1.807, 2.05) is 0 Å². The maximum atomic E-state index is 9.00. The Morgan fingerprint density at radius 2 is 2.32 bits per heavy atom. The molecule has 4 heteroatoms. The molecule has 1 aliphatic heterocycles. The van der Waals surface area contributed by atoms with E-state index in [0.29, 0.717) is 12.5 Å². The van der Waals surface area contributed by atoms with Crippen molar-refractivity contribution in [3.63, 3.8) is 0 Å². The Hall–Kier alpha value is -0.770. The molecular formula is C15H23ClN2O. The SMILES string of the molecule is CCNCc1ccc(N2CCC(CCO)C2)cc1Cl. The predicted molar refractivity (Wildman–Crippen MR) is 80.9 cm³/mol. The van der Waals surface area contributed by atoms with Gasteiger partial charge in [0, 0.05) is 37.0 Å². The molecule has 1 aromatic rings. The fourth-order valence-electron chi connectivity index (χ4n) is 2.62. The van der Waals surface area contributed by atoms with Crippen LogP contribution in [-0.4, -0.2) is 31.3 Å². The topological polar surface area (TPSA) is 35.5 Å². The Morgan fingerprint density at radius 1 is 1.47 bits per heavy atom. The zero-order valence-corrected chi connectivity index (χ0v) is 12.3. The average Bonchev–Trinajstić information content (AvgIpc) is 2.86. The van der Waals surface area contributed by atoms with Gasteiger partial charge in [-0.05, 0) is 43.0 Å². The van der Waals surface area contributed by atoms with Gasteiger partial charge >= 0.3 is 0 Å². The first-order valence-electron chi connectivity index (χ1n) is 7.09. The first-order chi connectivity index (χ1) is 9.24. The van der Waals surface area contributed by atoms with E-state index in [2.05, 4.69) is 35.3 Å². The van der Waals surface area contributed by atoms with Crippen molar-refractivity contribution in [1.29, 1.82) is 0 Å². The van der Waals surface area contributed by atoms with Crippen LogP contribution in [0.25, 0.3) is 0 Å². The Kier molecular flexibility index (Phi) is 5.49. The van der Waals surface area contributed by atoms with Gasteiger partial charge in [0.1, 0.15) is 0 Å². The van der Waals surface area contributed by atoms with Gasteiger partial charge in [0.15, 0.2) is 0 Å². The molecular weight excluding hydrogens is 260 g/mol. The van der Waals surface area contributed by atoms with Crippen LogP contribution < -0.4 is 10.2 Å². The summed E-state index contributed by atoms with van der Waals surface area (Å²) < 4.78 is 0. The highest BCUT2D eigenvalue weighted by Gasteiger charge is 2.22. The molecule has 1 atom stereocenters. The van der Waals surface area contributed by atoms with E-state index < -0.39 is 0 Å². The van der Waals surface area contributed by atoms with E-state index in [0.717, 1.165) is 49.6 Å². The molecule has 1 heterocycles. The second-order valence-electron chi connectivity index (χ2n) is 5.17. The van der Waals surface area contributed by atoms with Gasteiger partial charge in [-0.15, -0.1) is 0 Å². The number of nitrogens with zero attached hydrogens (tertiary/aromatic N) is 1. The number of aliphatic hydroxyl groups is 1. The molecule has 19 heavy (non-hydrogen) atoms. The molecule has 3 nitrogen and oxygen atoms in total. The highest BCUT2D eigenvalue weighted by atomic mass is 35.5. The molecule has 0 radical (unpaired) electrons. The molecule has 1 unspecified atom stereocenters. The Labute approximate surface area is 120 Å². The summed E-state index contributed by atoms with van der Waals surface area (Å²) in [5.41, 5.74) is 2.35. The van der Waals surface area contributed by atoms with Crippen LogP contribution in [0.4, 0.5) is 5.69 Å². The molecule has 1 saturated heterocycles. The smallest absolute Gasteiger partial charge is 0.0471 e. The monoisotopic (exact) mass is 282 g/mol. The zero-order chi connectivity index (χ0) is 13.7. The Morgan fingerprint density at radius 3 is 3.00 bits per heavy atom. The summed E-state index contributed by atoms with van der Waals surface area (Å²) in [6.07, 6.45) is 2.07. The molecule has 0 amide bonds. The number of benzene rings is 1. The zero-order valence-electron chi connectivity index (χ0n) is 11.5. The molecule has 1 aliphatic rings. The van der Waals surface area contributed by atoms with Crippen LogP contribution in [0.1, 0.15) is 25.3 Å². The minimum Gasteiger partial charge on any atom is -0.396 e. The number of nitrogens with one attached hydrogen (secondary N) is 1. The van der Waals surface area contributed by atoms with E-state index in [-0.39, 0.29) is 0 Å². The van der Waals surface area contributed by atoms with E-state index in [4.69, 9.17) is 16.7 Å². The number of rotatable bonds is 6. The third-order valence-electron chi connectivity index (χ3n) is 3.79. The maximum Gasteiger partial charge on any atom is 0.0471 e. The standard InChI is InChI=1S/C15H23ClN2O/c1-2-17-10-13-3-4-14(9-15(13)16)18-7-5-12(11-18)6-8-19/h3-4,9,12,17,19H,2,5-8,10-11H2,1H3. The lowest BCUT2D eigenvalue weighted by atomic mass is 10.1. The highest BCUT2D eigenvalue weighted by Crippen LogP contribution is 2.29. The van der Waals surface area contributed by atoms with Crippen molar-refractivity contribution in [1.82, 2.24) is 5.32 Å². The van der Waals surface area contributed by atoms with Crippen molar-refractivity contribution in [2.24, 2.45) is 5.92 Å². The summed E-state index contributed by atoms with van der Waals surface area (Å²) >= 11 is 6.33. The van der Waals surface area contributed by atoms with E-state index in [9.17, 15) is 0 Å². The third kappa shape index (κ3) is 3.85. The minimum absolute atomic E-state index is 0.293. The van der Waals surface area contributed by atoms with Gasteiger partial charge in [-0.3, -0.25) is 0 Å². The molecule has 1 fully saturated rings. The molecule has 0 saturated carbocycles. The molecule has 0 aliphatic carbocycles. The first kappa shape index (κ1) is 14.6. The van der Waals surface area contributed by atoms with Crippen molar-refractivity contribution in [2.75, 3.05) is 31.1 Å². The van der Waals surface area contributed by atoms with Crippen LogP contribution in [-0.2, 0) is 6.54 Å². The summed E-state index contributed by atoms with van der Waals surface area (Å²) in [5, 5.41) is 13.1. The molecule has 1 aromatic carbocycles. The van der Waals surface area contributed by atoms with Crippen LogP contribution in [0.5, 0.6) is 0 Å². The fraction of sp³-hybridized carbons (Fsp3) is 0.600. The van der Waals surface area contributed by atoms with Gasteiger partial charge in [0.25, 0.3) is 0 Å². The van der Waals surface area contributed by atoms with Crippen molar-refractivity contribution in [3.8, 4) is 0 Å². The summed E-state index contributed by atoms with van der Waals surface area (Å²) in [4.78, 5) is 2.36. The molecule has 0 spiro atoms. The Balaban J connectivity index is 2.00. The number of halogens is 1. The van der Waals surface area contributed by atoms with Gasteiger partial charge < -0.3 is 15.3 Å². The van der Waals surface area contributed by atoms with E-state index >= 15 is 0 Å². The predicted octanol–water partition coefficient (Wildman–Crippen LogP) is 2.66. The lowest BCUT2D eigenvalue weighted by molar-refractivity contribution is 0.263. The van der Waals surface area contributed by atoms with Gasteiger partial charge in [-0.1, -0.05) is 24.6 Å². The summed E-state index contributed by atoms with van der Waals surface area (Å²) in [6, 6.07) is 6.33. The maximum absolute atomic E-state index is 9.00. The van der Waals surface area contributed by atoms with Crippen LogP contribution in [0.2, 0.25) is 5.02 Å². The number of hydrogen-bond acceptors (Lipinski definition) is 3. The van der Waals surface area contributed by atoms with Gasteiger partial charge in [-0.25, -0.2) is 0 Å². The van der Waals surface area contributed by atoms with Gasteiger partial charge in [0.05, 0.1) is 0 Å². The first-order valence-corrected chi connectivity index (χ1v) is 7.47. The van der Waals surface area contributed by atoms with Crippen molar-refractivity contribution >= 4 is 17.3 Å². The van der Waals surface area contributed by atoms with Crippen LogP contribution in [0.3, 0.4) is 0 Å². The normalized spacial score (nSPS) is 19.1. The van der Waals surface area contributed by atoms with Crippen LogP contribution >= 0.6 is 11.6 Å². The lowest BCUT2D eigenvalue weighted by Gasteiger charge is -2.20. The molecule has 2 rings (SSSR count). The number of aliphatic hydroxyl groups excluding tert-OH is 1. The summed E-state index contributed by atoms with van der Waals surface area (Å²) in [6.45, 7) is 6.25. The quantitative estimate of drug-likeness (QED) is 0.842. The van der Waals surface area contributed by atoms with E-state index in [1.54, 1.807) is 0 Å². The lowest BCUT2D eigenvalue weighted by Crippen LogP contribution is -2.20. The van der Waals surface area contributed by atoms with Crippen molar-refractivity contribution in [2.45, 2.75) is 26.3 Å². The summed E-state index contributed by atoms with van der Waals surface area (Å²) in [7, 11) is 0. The number of anilines is 1. The second kappa shape index (κ2) is 7.13. The largest absolute Gasteiger partial charge is 0.396 e. The van der Waals surface area contributed by atoms with Crippen LogP contribution in [0, 0.1) is 5.92 Å². The van der Waals surface area contributed by atoms with Gasteiger partial charge in [0.2, 0.25) is 0 Å². The molecule has 0 aromatic heterocycles. The number of hydrogen-bond donors (Lipinski definition) is 2. The molecule has 106 valence electrons. The van der Waals surface area contributed by atoms with Gasteiger partial charge in [-0.2, -0.15) is 0 Å². The second-order valence-corrected chi connectivity index (χ2v) is 5.58. The van der Waals surface area contributed by atoms with Crippen molar-refractivity contribution < 1.29 is 5.11 Å². The highest BCUT2D eigenvalue weighted by molar-refractivity contribution is 6.31. The van der Waals surface area contributed by atoms with Crippen molar-refractivity contribution in [3.05, 3.63) is 28.8 Å². The minimum atomic E-state index is 0.293. The third-order valence-corrected chi connectivity index (χ3v) is 4.14. The Bertz CT molecular complexity index is 411. The summed E-state index contributed by atoms with van der Waals surface area (Å²) in [5.74, 6) is 0.616. The fourth-order valence-corrected chi connectivity index (χ4v) is 2.86. The average molecular weight is 283 g/mol. The molecule has 2 N–H and O–H groups in total. The molecule has 0 bridgehead atoms. The van der Waals surface area contributed by atoms with Crippen LogP contribution in [0.15, 0.2) is 18.2 Å². The van der Waals surface area contributed by atoms with E-state index in [1.165, 1.54) is 5.69 Å².